The summed E-state index contributed by atoms with van der Waals surface area (Å²) in [5, 5.41) is 0. The van der Waals surface area contributed by atoms with Crippen LogP contribution >= 0.6 is 15.9 Å². The van der Waals surface area contributed by atoms with E-state index in [0.717, 1.165) is 25.0 Å². The maximum absolute atomic E-state index is 14.1. The zero-order chi connectivity index (χ0) is 19.1. The van der Waals surface area contributed by atoms with Gasteiger partial charge in [0.2, 0.25) is 0 Å². The fourth-order valence-electron chi connectivity index (χ4n) is 2.76. The molecule has 1 aliphatic heterocycles. The third kappa shape index (κ3) is 3.77. The Bertz CT molecular complexity index is 810. The van der Waals surface area contributed by atoms with E-state index >= 15 is 0 Å². The number of rotatable bonds is 3. The summed E-state index contributed by atoms with van der Waals surface area (Å²) in [5.41, 5.74) is -1.19. The second kappa shape index (κ2) is 7.02. The zero-order valence-electron chi connectivity index (χ0n) is 13.1. The Morgan fingerprint density at radius 3 is 2.00 bits per heavy atom. The van der Waals surface area contributed by atoms with E-state index in [9.17, 15) is 26.3 Å². The first-order chi connectivity index (χ1) is 12.2. The summed E-state index contributed by atoms with van der Waals surface area (Å²) in [6.45, 7) is 1.20. The van der Waals surface area contributed by atoms with Crippen molar-refractivity contribution >= 4 is 21.6 Å². The summed E-state index contributed by atoms with van der Waals surface area (Å²) in [6, 6.07) is 2.52. The minimum Gasteiger partial charge on any atom is -0.448 e. The van der Waals surface area contributed by atoms with Crippen LogP contribution in [0.1, 0.15) is 18.4 Å². The average Bonchev–Trinajstić information content (AvgIpc) is 3.05. The van der Waals surface area contributed by atoms with Gasteiger partial charge in [-0.05, 0) is 47.0 Å². The van der Waals surface area contributed by atoms with Crippen molar-refractivity contribution in [2.75, 3.05) is 18.0 Å². The second-order valence-corrected chi connectivity index (χ2v) is 6.65. The molecule has 1 heterocycles. The third-order valence-electron chi connectivity index (χ3n) is 3.97. The molecule has 2 nitrogen and oxygen atoms in total. The van der Waals surface area contributed by atoms with E-state index in [4.69, 9.17) is 4.74 Å². The monoisotopic (exact) mass is 439 g/mol. The number of halogens is 7. The lowest BCUT2D eigenvalue weighted by Crippen LogP contribution is -2.19. The average molecular weight is 440 g/mol. The fourth-order valence-corrected chi connectivity index (χ4v) is 3.27. The van der Waals surface area contributed by atoms with Crippen molar-refractivity contribution in [3.63, 3.8) is 0 Å². The molecule has 0 atom stereocenters. The SMILES string of the molecule is Fc1cc(Br)c(Oc2c(F)cc(C(F)(F)F)cc2F)c(N2CCCC2)c1. The number of alkyl halides is 3. The molecule has 1 saturated heterocycles. The molecular formula is C17H12BrF6NO. The molecule has 140 valence electrons. The number of hydrogen-bond donors (Lipinski definition) is 0. The summed E-state index contributed by atoms with van der Waals surface area (Å²) >= 11 is 3.08. The van der Waals surface area contributed by atoms with Crippen molar-refractivity contribution in [2.45, 2.75) is 19.0 Å². The van der Waals surface area contributed by atoms with Crippen molar-refractivity contribution in [3.05, 3.63) is 51.8 Å². The molecule has 3 rings (SSSR count). The van der Waals surface area contributed by atoms with Gasteiger partial charge >= 0.3 is 6.18 Å². The molecule has 0 spiro atoms. The first-order valence-electron chi connectivity index (χ1n) is 7.65. The molecule has 9 heteroatoms. The van der Waals surface area contributed by atoms with Crippen molar-refractivity contribution in [1.82, 2.24) is 0 Å². The van der Waals surface area contributed by atoms with Gasteiger partial charge in [-0.15, -0.1) is 0 Å². The van der Waals surface area contributed by atoms with E-state index in [0.29, 0.717) is 13.1 Å². The first-order valence-corrected chi connectivity index (χ1v) is 8.44. The summed E-state index contributed by atoms with van der Waals surface area (Å²) in [4.78, 5) is 1.78. The molecular weight excluding hydrogens is 428 g/mol. The molecule has 2 aromatic rings. The number of benzene rings is 2. The molecule has 0 amide bonds. The first kappa shape index (κ1) is 18.9. The van der Waals surface area contributed by atoms with Gasteiger partial charge in [0.05, 0.1) is 15.7 Å². The lowest BCUT2D eigenvalue weighted by atomic mass is 10.2. The Balaban J connectivity index is 2.04. The third-order valence-corrected chi connectivity index (χ3v) is 4.55. The summed E-state index contributed by atoms with van der Waals surface area (Å²) in [6.07, 6.45) is -3.18. The normalized spacial score (nSPS) is 14.8. The van der Waals surface area contributed by atoms with Crippen LogP contribution in [-0.4, -0.2) is 13.1 Å². The highest BCUT2D eigenvalue weighted by Gasteiger charge is 2.33. The van der Waals surface area contributed by atoms with Gasteiger partial charge in [-0.1, -0.05) is 0 Å². The molecule has 0 aliphatic carbocycles. The number of anilines is 1. The molecule has 26 heavy (non-hydrogen) atoms. The Morgan fingerprint density at radius 2 is 1.46 bits per heavy atom. The zero-order valence-corrected chi connectivity index (χ0v) is 14.7. The van der Waals surface area contributed by atoms with E-state index in [1.54, 1.807) is 4.90 Å². The second-order valence-electron chi connectivity index (χ2n) is 5.80. The fraction of sp³-hybridized carbons (Fsp3) is 0.294. The van der Waals surface area contributed by atoms with E-state index in [-0.39, 0.29) is 28.0 Å². The quantitative estimate of drug-likeness (QED) is 0.522. The Hall–Kier alpha value is -1.90. The van der Waals surface area contributed by atoms with Crippen LogP contribution in [0, 0.1) is 17.5 Å². The smallest absolute Gasteiger partial charge is 0.416 e. The lowest BCUT2D eigenvalue weighted by molar-refractivity contribution is -0.138. The predicted molar refractivity (Wildman–Crippen MR) is 87.0 cm³/mol. The van der Waals surface area contributed by atoms with Crippen molar-refractivity contribution < 1.29 is 31.1 Å². The van der Waals surface area contributed by atoms with Crippen LogP contribution in [0.15, 0.2) is 28.7 Å². The number of ether oxygens (including phenoxy) is 1. The molecule has 0 unspecified atom stereocenters. The maximum atomic E-state index is 14.1. The van der Waals surface area contributed by atoms with Crippen LogP contribution in [0.2, 0.25) is 0 Å². The standard InChI is InChI=1S/C17H12BrF6NO/c18-11-7-10(19)8-14(25-3-1-2-4-25)15(11)26-16-12(20)5-9(6-13(16)21)17(22,23)24/h5-8H,1-4H2. The van der Waals surface area contributed by atoms with E-state index in [1.807, 2.05) is 0 Å². The maximum Gasteiger partial charge on any atom is 0.416 e. The minimum atomic E-state index is -4.89. The van der Waals surface area contributed by atoms with Crippen molar-refractivity contribution in [2.24, 2.45) is 0 Å². The van der Waals surface area contributed by atoms with Crippen LogP contribution in [0.3, 0.4) is 0 Å². The van der Waals surface area contributed by atoms with E-state index in [2.05, 4.69) is 15.9 Å². The van der Waals surface area contributed by atoms with Gasteiger partial charge in [-0.2, -0.15) is 13.2 Å². The molecule has 0 aromatic heterocycles. The highest BCUT2D eigenvalue weighted by Crippen LogP contribution is 2.43. The molecule has 1 aliphatic rings. The van der Waals surface area contributed by atoms with Gasteiger partial charge in [0.25, 0.3) is 0 Å². The van der Waals surface area contributed by atoms with Crippen LogP contribution in [-0.2, 0) is 6.18 Å². The van der Waals surface area contributed by atoms with Crippen LogP contribution < -0.4 is 9.64 Å². The molecule has 0 radical (unpaired) electrons. The molecule has 0 saturated carbocycles. The van der Waals surface area contributed by atoms with Crippen LogP contribution in [0.4, 0.5) is 32.0 Å². The lowest BCUT2D eigenvalue weighted by Gasteiger charge is -2.22. The highest BCUT2D eigenvalue weighted by atomic mass is 79.9. The van der Waals surface area contributed by atoms with Gasteiger partial charge in [0, 0.05) is 19.2 Å². The summed E-state index contributed by atoms with van der Waals surface area (Å²) in [7, 11) is 0. The van der Waals surface area contributed by atoms with E-state index < -0.39 is 34.9 Å². The van der Waals surface area contributed by atoms with Gasteiger partial charge in [0.15, 0.2) is 23.1 Å². The molecule has 2 aromatic carbocycles. The van der Waals surface area contributed by atoms with Gasteiger partial charge in [0.1, 0.15) is 5.82 Å². The molecule has 0 bridgehead atoms. The minimum absolute atomic E-state index is 0.0640. The van der Waals surface area contributed by atoms with Gasteiger partial charge < -0.3 is 9.64 Å². The Morgan fingerprint density at radius 1 is 0.885 bits per heavy atom. The molecule has 0 N–H and O–H groups in total. The van der Waals surface area contributed by atoms with E-state index in [1.165, 1.54) is 0 Å². The number of hydrogen-bond acceptors (Lipinski definition) is 2. The van der Waals surface area contributed by atoms with Gasteiger partial charge in [-0.25, -0.2) is 13.2 Å². The topological polar surface area (TPSA) is 12.5 Å². The van der Waals surface area contributed by atoms with Crippen molar-refractivity contribution in [1.29, 1.82) is 0 Å². The van der Waals surface area contributed by atoms with Gasteiger partial charge in [-0.3, -0.25) is 0 Å². The summed E-state index contributed by atoms with van der Waals surface area (Å²) < 4.78 is 85.2. The Labute approximate surface area is 153 Å². The predicted octanol–water partition coefficient (Wildman–Crippen LogP) is 6.28. The summed E-state index contributed by atoms with van der Waals surface area (Å²) in [5.74, 6) is -4.63. The largest absolute Gasteiger partial charge is 0.448 e. The number of nitrogens with zero attached hydrogens (tertiary/aromatic N) is 1. The Kier molecular flexibility index (Phi) is 5.09. The van der Waals surface area contributed by atoms with Crippen LogP contribution in [0.25, 0.3) is 0 Å². The van der Waals surface area contributed by atoms with Crippen molar-refractivity contribution in [3.8, 4) is 11.5 Å². The highest BCUT2D eigenvalue weighted by molar-refractivity contribution is 9.10. The molecule has 1 fully saturated rings. The van der Waals surface area contributed by atoms with Crippen LogP contribution in [0.5, 0.6) is 11.5 Å².